The van der Waals surface area contributed by atoms with Crippen LogP contribution in [0.4, 0.5) is 4.79 Å². The van der Waals surface area contributed by atoms with Crippen LogP contribution < -0.4 is 10.6 Å². The number of rotatable bonds is 5. The van der Waals surface area contributed by atoms with Crippen LogP contribution in [0.2, 0.25) is 0 Å². The van der Waals surface area contributed by atoms with E-state index in [0.29, 0.717) is 6.54 Å². The van der Waals surface area contributed by atoms with E-state index in [1.54, 1.807) is 0 Å². The van der Waals surface area contributed by atoms with Crippen LogP contribution >= 0.6 is 15.9 Å². The van der Waals surface area contributed by atoms with E-state index in [2.05, 4.69) is 26.6 Å². The fourth-order valence-corrected chi connectivity index (χ4v) is 2.80. The second-order valence-electron chi connectivity index (χ2n) is 5.64. The zero-order valence-electron chi connectivity index (χ0n) is 11.7. The summed E-state index contributed by atoms with van der Waals surface area (Å²) in [7, 11) is 0. The Hall–Kier alpha value is -1.07. The minimum Gasteiger partial charge on any atom is -0.388 e. The van der Waals surface area contributed by atoms with Crippen molar-refractivity contribution in [1.82, 2.24) is 10.6 Å². The highest BCUT2D eigenvalue weighted by Crippen LogP contribution is 2.30. The lowest BCUT2D eigenvalue weighted by Gasteiger charge is -2.36. The van der Waals surface area contributed by atoms with Crippen molar-refractivity contribution >= 4 is 22.0 Å². The summed E-state index contributed by atoms with van der Waals surface area (Å²) in [6.07, 6.45) is 3.37. The Kier molecular flexibility index (Phi) is 5.05. The van der Waals surface area contributed by atoms with Gasteiger partial charge in [0, 0.05) is 17.1 Å². The third-order valence-electron chi connectivity index (χ3n) is 3.67. The number of amides is 2. The van der Waals surface area contributed by atoms with Crippen molar-refractivity contribution in [1.29, 1.82) is 0 Å². The van der Waals surface area contributed by atoms with Crippen LogP contribution in [0, 0.1) is 0 Å². The molecule has 20 heavy (non-hydrogen) atoms. The van der Waals surface area contributed by atoms with Gasteiger partial charge in [-0.25, -0.2) is 4.79 Å². The summed E-state index contributed by atoms with van der Waals surface area (Å²) < 4.78 is 1.04. The second kappa shape index (κ2) is 6.59. The standard InChI is InChI=1S/C15H21BrN2O2/c1-11(8-12-4-2-5-13(16)9-12)18-14(19)17-10-15(20)6-3-7-15/h2,4-5,9,11,20H,3,6-8,10H2,1H3,(H2,17,18,19). The van der Waals surface area contributed by atoms with E-state index in [1.807, 2.05) is 31.2 Å². The largest absolute Gasteiger partial charge is 0.388 e. The number of hydrogen-bond acceptors (Lipinski definition) is 2. The first-order chi connectivity index (χ1) is 9.47. The molecule has 1 saturated carbocycles. The number of aliphatic hydroxyl groups is 1. The van der Waals surface area contributed by atoms with E-state index in [1.165, 1.54) is 5.56 Å². The van der Waals surface area contributed by atoms with Crippen LogP contribution in [0.3, 0.4) is 0 Å². The summed E-state index contributed by atoms with van der Waals surface area (Å²) >= 11 is 3.44. The van der Waals surface area contributed by atoms with Gasteiger partial charge < -0.3 is 15.7 Å². The average molecular weight is 341 g/mol. The predicted molar refractivity (Wildman–Crippen MR) is 82.6 cm³/mol. The lowest BCUT2D eigenvalue weighted by atomic mass is 9.80. The van der Waals surface area contributed by atoms with Gasteiger partial charge in [0.25, 0.3) is 0 Å². The van der Waals surface area contributed by atoms with Gasteiger partial charge in [0.2, 0.25) is 0 Å². The minimum absolute atomic E-state index is 0.0420. The Bertz CT molecular complexity index is 475. The number of carbonyl (C=O) groups excluding carboxylic acids is 1. The molecular weight excluding hydrogens is 320 g/mol. The third-order valence-corrected chi connectivity index (χ3v) is 4.16. The van der Waals surface area contributed by atoms with Crippen molar-refractivity contribution in [3.05, 3.63) is 34.3 Å². The number of hydrogen-bond donors (Lipinski definition) is 3. The second-order valence-corrected chi connectivity index (χ2v) is 6.56. The van der Waals surface area contributed by atoms with Gasteiger partial charge in [-0.3, -0.25) is 0 Å². The molecule has 0 saturated heterocycles. The van der Waals surface area contributed by atoms with E-state index in [4.69, 9.17) is 0 Å². The van der Waals surface area contributed by atoms with Gasteiger partial charge in [0.05, 0.1) is 5.60 Å². The smallest absolute Gasteiger partial charge is 0.315 e. The molecule has 1 fully saturated rings. The third kappa shape index (κ3) is 4.49. The summed E-state index contributed by atoms with van der Waals surface area (Å²) in [5.74, 6) is 0. The number of nitrogens with one attached hydrogen (secondary N) is 2. The normalized spacial score (nSPS) is 17.9. The molecule has 5 heteroatoms. The molecule has 110 valence electrons. The van der Waals surface area contributed by atoms with Crippen molar-refractivity contribution in [2.45, 2.75) is 44.2 Å². The first kappa shape index (κ1) is 15.3. The maximum atomic E-state index is 11.8. The molecule has 1 aliphatic carbocycles. The zero-order chi connectivity index (χ0) is 14.6. The topological polar surface area (TPSA) is 61.4 Å². The molecule has 2 amide bonds. The molecule has 0 aliphatic heterocycles. The highest BCUT2D eigenvalue weighted by atomic mass is 79.9. The monoisotopic (exact) mass is 340 g/mol. The highest BCUT2D eigenvalue weighted by molar-refractivity contribution is 9.10. The molecule has 3 N–H and O–H groups in total. The fourth-order valence-electron chi connectivity index (χ4n) is 2.35. The lowest BCUT2D eigenvalue weighted by Crippen LogP contribution is -2.51. The van der Waals surface area contributed by atoms with Crippen LogP contribution in [0.25, 0.3) is 0 Å². The maximum absolute atomic E-state index is 11.8. The molecule has 0 spiro atoms. The van der Waals surface area contributed by atoms with Gasteiger partial charge >= 0.3 is 6.03 Å². The lowest BCUT2D eigenvalue weighted by molar-refractivity contribution is -0.0290. The average Bonchev–Trinajstić information content (AvgIpc) is 2.34. The van der Waals surface area contributed by atoms with E-state index >= 15 is 0 Å². The summed E-state index contributed by atoms with van der Waals surface area (Å²) in [6.45, 7) is 2.31. The fraction of sp³-hybridized carbons (Fsp3) is 0.533. The van der Waals surface area contributed by atoms with Gasteiger partial charge in [0.1, 0.15) is 0 Å². The number of urea groups is 1. The molecule has 0 heterocycles. The summed E-state index contributed by atoms with van der Waals surface area (Å²) in [5.41, 5.74) is 0.495. The van der Waals surface area contributed by atoms with Crippen LogP contribution in [-0.4, -0.2) is 29.3 Å². The SMILES string of the molecule is CC(Cc1cccc(Br)c1)NC(=O)NCC1(O)CCC1. The Morgan fingerprint density at radius 1 is 1.50 bits per heavy atom. The number of carbonyl (C=O) groups is 1. The Labute approximate surface area is 128 Å². The van der Waals surface area contributed by atoms with Gasteiger partial charge in [-0.2, -0.15) is 0 Å². The van der Waals surface area contributed by atoms with Gasteiger partial charge in [-0.15, -0.1) is 0 Å². The number of halogens is 1. The molecule has 0 radical (unpaired) electrons. The maximum Gasteiger partial charge on any atom is 0.315 e. The van der Waals surface area contributed by atoms with Gasteiger partial charge in [0.15, 0.2) is 0 Å². The zero-order valence-corrected chi connectivity index (χ0v) is 13.2. The molecule has 4 nitrogen and oxygen atoms in total. The highest BCUT2D eigenvalue weighted by Gasteiger charge is 2.34. The molecule has 1 atom stereocenters. The van der Waals surface area contributed by atoms with Crippen LogP contribution in [-0.2, 0) is 6.42 Å². The van der Waals surface area contributed by atoms with E-state index < -0.39 is 5.60 Å². The van der Waals surface area contributed by atoms with Gasteiger partial charge in [-0.05, 0) is 50.3 Å². The van der Waals surface area contributed by atoms with E-state index in [-0.39, 0.29) is 12.1 Å². The van der Waals surface area contributed by atoms with Crippen molar-refractivity contribution in [3.63, 3.8) is 0 Å². The molecule has 1 unspecified atom stereocenters. The quantitative estimate of drug-likeness (QED) is 0.771. The first-order valence-corrected chi connectivity index (χ1v) is 7.77. The molecule has 1 aliphatic rings. The molecule has 1 aromatic carbocycles. The molecule has 2 rings (SSSR count). The Balaban J connectivity index is 1.73. The van der Waals surface area contributed by atoms with Crippen molar-refractivity contribution in [2.75, 3.05) is 6.54 Å². The van der Waals surface area contributed by atoms with Crippen molar-refractivity contribution in [3.8, 4) is 0 Å². The van der Waals surface area contributed by atoms with E-state index in [9.17, 15) is 9.90 Å². The summed E-state index contributed by atoms with van der Waals surface area (Å²) in [4.78, 5) is 11.8. The van der Waals surface area contributed by atoms with Crippen LogP contribution in [0.1, 0.15) is 31.7 Å². The molecule has 1 aromatic rings. The predicted octanol–water partition coefficient (Wildman–Crippen LogP) is 2.59. The minimum atomic E-state index is -0.676. The first-order valence-electron chi connectivity index (χ1n) is 6.98. The summed E-state index contributed by atoms with van der Waals surface area (Å²) in [5, 5.41) is 15.5. The van der Waals surface area contributed by atoms with Crippen molar-refractivity contribution in [2.24, 2.45) is 0 Å². The Morgan fingerprint density at radius 3 is 2.85 bits per heavy atom. The van der Waals surface area contributed by atoms with Crippen LogP contribution in [0.5, 0.6) is 0 Å². The summed E-state index contributed by atoms with van der Waals surface area (Å²) in [6, 6.07) is 7.88. The van der Waals surface area contributed by atoms with Gasteiger partial charge in [-0.1, -0.05) is 28.1 Å². The number of benzene rings is 1. The molecular formula is C15H21BrN2O2. The Morgan fingerprint density at radius 2 is 2.25 bits per heavy atom. The van der Waals surface area contributed by atoms with E-state index in [0.717, 1.165) is 30.2 Å². The van der Waals surface area contributed by atoms with Crippen molar-refractivity contribution < 1.29 is 9.90 Å². The molecule has 0 bridgehead atoms. The molecule has 0 aromatic heterocycles. The van der Waals surface area contributed by atoms with Crippen LogP contribution in [0.15, 0.2) is 28.7 Å².